The number of carbonyl (C=O) groups is 1. The topological polar surface area (TPSA) is 140 Å². The molecule has 10 heteroatoms. The number of nitro groups is 1. The summed E-state index contributed by atoms with van der Waals surface area (Å²) in [5.41, 5.74) is 4.71. The van der Waals surface area contributed by atoms with Gasteiger partial charge in [0.15, 0.2) is 0 Å². The Morgan fingerprint density at radius 3 is 2.32 bits per heavy atom. The summed E-state index contributed by atoms with van der Waals surface area (Å²) < 4.78 is 6.70. The summed E-state index contributed by atoms with van der Waals surface area (Å²) in [6, 6.07) is 22.0. The molecule has 10 nitrogen and oxygen atoms in total. The molecule has 2 atom stereocenters. The molecule has 3 N–H and O–H groups in total. The van der Waals surface area contributed by atoms with E-state index in [9.17, 15) is 25.1 Å². The van der Waals surface area contributed by atoms with Crippen LogP contribution in [0.2, 0.25) is 0 Å². The number of aliphatic hydroxyl groups is 2. The van der Waals surface area contributed by atoms with Gasteiger partial charge in [0, 0.05) is 30.3 Å². The van der Waals surface area contributed by atoms with Crippen molar-refractivity contribution >= 4 is 11.8 Å². The zero-order valence-corrected chi connectivity index (χ0v) is 19.6. The fourth-order valence-electron chi connectivity index (χ4n) is 4.60. The Balaban J connectivity index is 1.18. The average molecular weight is 501 g/mol. The summed E-state index contributed by atoms with van der Waals surface area (Å²) in [5.74, 6) is -0.0958. The van der Waals surface area contributed by atoms with Gasteiger partial charge in [-0.2, -0.15) is 5.10 Å². The summed E-state index contributed by atoms with van der Waals surface area (Å²) in [6.07, 6.45) is -0.764. The van der Waals surface area contributed by atoms with Gasteiger partial charge in [0.2, 0.25) is 0 Å². The highest BCUT2D eigenvalue weighted by atomic mass is 16.6. The van der Waals surface area contributed by atoms with Gasteiger partial charge in [-0.25, -0.2) is 9.48 Å². The van der Waals surface area contributed by atoms with Gasteiger partial charge in [0.1, 0.15) is 24.5 Å². The number of aromatic nitrogens is 2. The number of para-hydroxylation sites is 2. The van der Waals surface area contributed by atoms with Gasteiger partial charge in [0.05, 0.1) is 11.1 Å². The standard InChI is InChI=1S/C27H24N4O6/c32-25(26(33)17-13-29-30(15-17)23-11-5-6-12-24(23)31(35)36)14-28-27(34)37-16-22-20-9-3-1-7-18(20)19-8-2-4-10-21(19)22/h1-13,15,22,25-26,32-33H,14,16H2,(H,28,34). The summed E-state index contributed by atoms with van der Waals surface area (Å²) >= 11 is 0. The minimum atomic E-state index is -1.38. The third-order valence-corrected chi connectivity index (χ3v) is 6.43. The number of ether oxygens (including phenoxy) is 1. The molecular weight excluding hydrogens is 476 g/mol. The van der Waals surface area contributed by atoms with Crippen molar-refractivity contribution in [2.45, 2.75) is 18.1 Å². The lowest BCUT2D eigenvalue weighted by molar-refractivity contribution is -0.384. The first-order valence-corrected chi connectivity index (χ1v) is 11.7. The number of nitro benzene ring substituents is 1. The fraction of sp³-hybridized carbons (Fsp3) is 0.185. The van der Waals surface area contributed by atoms with Crippen LogP contribution in [-0.2, 0) is 4.74 Å². The normalized spacial score (nSPS) is 13.9. The second kappa shape index (κ2) is 10.2. The van der Waals surface area contributed by atoms with Crippen molar-refractivity contribution in [2.75, 3.05) is 13.2 Å². The van der Waals surface area contributed by atoms with E-state index in [1.165, 1.54) is 29.2 Å². The quantitative estimate of drug-likeness (QED) is 0.247. The van der Waals surface area contributed by atoms with Crippen molar-refractivity contribution in [3.63, 3.8) is 0 Å². The van der Waals surface area contributed by atoms with Crippen LogP contribution in [0.25, 0.3) is 16.8 Å². The SMILES string of the molecule is O=C(NCC(O)C(O)c1cnn(-c2ccccc2[N+](=O)[O-])c1)OCC1c2ccccc2-c2ccccc21. The van der Waals surface area contributed by atoms with Crippen molar-refractivity contribution in [3.05, 3.63) is 112 Å². The van der Waals surface area contributed by atoms with E-state index in [1.54, 1.807) is 12.1 Å². The first kappa shape index (κ1) is 24.2. The number of amides is 1. The van der Waals surface area contributed by atoms with Crippen LogP contribution in [0.3, 0.4) is 0 Å². The molecule has 0 bridgehead atoms. The second-order valence-corrected chi connectivity index (χ2v) is 8.68. The number of alkyl carbamates (subject to hydrolysis) is 1. The van der Waals surface area contributed by atoms with Gasteiger partial charge in [-0.1, -0.05) is 60.7 Å². The van der Waals surface area contributed by atoms with Crippen molar-refractivity contribution in [2.24, 2.45) is 0 Å². The zero-order valence-electron chi connectivity index (χ0n) is 19.6. The summed E-state index contributed by atoms with van der Waals surface area (Å²) in [5, 5.41) is 38.8. The molecular formula is C27H24N4O6. The molecule has 0 aliphatic heterocycles. The number of fused-ring (bicyclic) bond motifs is 3. The molecule has 1 aliphatic carbocycles. The first-order valence-electron chi connectivity index (χ1n) is 11.7. The maximum Gasteiger partial charge on any atom is 0.407 e. The molecule has 0 saturated heterocycles. The number of benzene rings is 3. The van der Waals surface area contributed by atoms with Gasteiger partial charge in [-0.15, -0.1) is 0 Å². The molecule has 3 aromatic carbocycles. The molecule has 1 aliphatic rings. The van der Waals surface area contributed by atoms with Crippen LogP contribution in [0.15, 0.2) is 85.2 Å². The van der Waals surface area contributed by atoms with Crippen LogP contribution < -0.4 is 5.32 Å². The van der Waals surface area contributed by atoms with Crippen LogP contribution in [0.4, 0.5) is 10.5 Å². The molecule has 0 radical (unpaired) electrons. The van der Waals surface area contributed by atoms with Crippen LogP contribution in [0.1, 0.15) is 28.7 Å². The lowest BCUT2D eigenvalue weighted by Crippen LogP contribution is -2.36. The van der Waals surface area contributed by atoms with Crippen LogP contribution in [0.5, 0.6) is 0 Å². The van der Waals surface area contributed by atoms with Gasteiger partial charge in [-0.05, 0) is 28.3 Å². The third kappa shape index (κ3) is 4.80. The van der Waals surface area contributed by atoms with Gasteiger partial charge >= 0.3 is 6.09 Å². The number of rotatable bonds is 8. The maximum absolute atomic E-state index is 12.4. The minimum Gasteiger partial charge on any atom is -0.449 e. The van der Waals surface area contributed by atoms with E-state index in [1.807, 2.05) is 48.5 Å². The van der Waals surface area contributed by atoms with Crippen LogP contribution in [0, 0.1) is 10.1 Å². The third-order valence-electron chi connectivity index (χ3n) is 6.43. The van der Waals surface area contributed by atoms with Crippen molar-refractivity contribution < 1.29 is 24.7 Å². The first-order chi connectivity index (χ1) is 17.9. The van der Waals surface area contributed by atoms with E-state index in [-0.39, 0.29) is 36.0 Å². The number of hydrogen-bond acceptors (Lipinski definition) is 7. The molecule has 5 rings (SSSR count). The highest BCUT2D eigenvalue weighted by molar-refractivity contribution is 5.79. The van der Waals surface area contributed by atoms with E-state index >= 15 is 0 Å². The number of aliphatic hydroxyl groups excluding tert-OH is 2. The zero-order chi connectivity index (χ0) is 25.9. The molecule has 0 fully saturated rings. The highest BCUT2D eigenvalue weighted by Gasteiger charge is 2.29. The Bertz CT molecular complexity index is 1410. The van der Waals surface area contributed by atoms with E-state index in [0.717, 1.165) is 22.3 Å². The monoisotopic (exact) mass is 500 g/mol. The Kier molecular flexibility index (Phi) is 6.67. The number of carbonyl (C=O) groups excluding carboxylic acids is 1. The van der Waals surface area contributed by atoms with Crippen molar-refractivity contribution in [3.8, 4) is 16.8 Å². The van der Waals surface area contributed by atoms with Crippen LogP contribution in [-0.4, -0.2) is 50.3 Å². The van der Waals surface area contributed by atoms with Gasteiger partial charge in [0.25, 0.3) is 5.69 Å². The summed E-state index contributed by atoms with van der Waals surface area (Å²) in [6.45, 7) is -0.143. The Hall–Kier alpha value is -4.54. The largest absolute Gasteiger partial charge is 0.449 e. The summed E-state index contributed by atoms with van der Waals surface area (Å²) in [7, 11) is 0. The molecule has 1 heterocycles. The van der Waals surface area contributed by atoms with Crippen LogP contribution >= 0.6 is 0 Å². The molecule has 1 aromatic heterocycles. The Morgan fingerprint density at radius 1 is 1.03 bits per heavy atom. The molecule has 2 unspecified atom stereocenters. The van der Waals surface area contributed by atoms with Crippen molar-refractivity contribution in [1.29, 1.82) is 0 Å². The fourth-order valence-corrected chi connectivity index (χ4v) is 4.60. The van der Waals surface area contributed by atoms with E-state index in [2.05, 4.69) is 10.4 Å². The average Bonchev–Trinajstić information content (AvgIpc) is 3.53. The lowest BCUT2D eigenvalue weighted by Gasteiger charge is -2.18. The highest BCUT2D eigenvalue weighted by Crippen LogP contribution is 2.44. The second-order valence-electron chi connectivity index (χ2n) is 8.68. The Morgan fingerprint density at radius 2 is 1.65 bits per heavy atom. The Labute approximate surface area is 211 Å². The number of nitrogens with zero attached hydrogens (tertiary/aromatic N) is 3. The number of nitrogens with one attached hydrogen (secondary N) is 1. The lowest BCUT2D eigenvalue weighted by atomic mass is 9.98. The molecule has 4 aromatic rings. The van der Waals surface area contributed by atoms with Gasteiger partial charge in [-0.3, -0.25) is 10.1 Å². The molecule has 37 heavy (non-hydrogen) atoms. The molecule has 188 valence electrons. The van der Waals surface area contributed by atoms with Gasteiger partial charge < -0.3 is 20.3 Å². The molecule has 0 spiro atoms. The predicted octanol–water partition coefficient (Wildman–Crippen LogP) is 3.71. The van der Waals surface area contributed by atoms with E-state index in [4.69, 9.17) is 4.74 Å². The van der Waals surface area contributed by atoms with E-state index < -0.39 is 23.2 Å². The number of hydrogen-bond donors (Lipinski definition) is 3. The minimum absolute atomic E-state index is 0.0958. The molecule has 0 saturated carbocycles. The maximum atomic E-state index is 12.4. The predicted molar refractivity (Wildman–Crippen MR) is 134 cm³/mol. The summed E-state index contributed by atoms with van der Waals surface area (Å²) in [4.78, 5) is 23.1. The van der Waals surface area contributed by atoms with E-state index in [0.29, 0.717) is 0 Å². The molecule has 1 amide bonds. The van der Waals surface area contributed by atoms with Crippen molar-refractivity contribution in [1.82, 2.24) is 15.1 Å². The smallest absolute Gasteiger partial charge is 0.407 e.